The van der Waals surface area contributed by atoms with E-state index in [0.29, 0.717) is 37.6 Å². The predicted octanol–water partition coefficient (Wildman–Crippen LogP) is 6.99. The van der Waals surface area contributed by atoms with Gasteiger partial charge in [0.25, 0.3) is 5.56 Å². The van der Waals surface area contributed by atoms with E-state index in [9.17, 15) is 14.0 Å². The smallest absolute Gasteiger partial charge is 0.348 e. The van der Waals surface area contributed by atoms with Gasteiger partial charge in [0.15, 0.2) is 11.6 Å². The van der Waals surface area contributed by atoms with E-state index in [4.69, 9.17) is 9.47 Å². The zero-order valence-corrected chi connectivity index (χ0v) is 22.2. The maximum atomic E-state index is 15.2. The molecule has 0 fully saturated rings. The van der Waals surface area contributed by atoms with Crippen molar-refractivity contribution in [2.75, 3.05) is 11.9 Å². The van der Waals surface area contributed by atoms with E-state index in [1.54, 1.807) is 49.6 Å². The van der Waals surface area contributed by atoms with Crippen LogP contribution in [0.1, 0.15) is 16.6 Å². The first-order valence-electron chi connectivity index (χ1n) is 12.5. The highest BCUT2D eigenvalue weighted by molar-refractivity contribution is 7.21. The molecule has 0 aliphatic rings. The molecule has 0 aliphatic carbocycles. The number of fused-ring (bicyclic) bond motifs is 2. The minimum Gasteiger partial charge on any atom is -0.462 e. The van der Waals surface area contributed by atoms with Crippen LogP contribution in [-0.4, -0.2) is 27.1 Å². The van der Waals surface area contributed by atoms with E-state index in [0.717, 1.165) is 11.3 Å². The molecule has 11 heteroatoms. The molecule has 204 valence electrons. The summed E-state index contributed by atoms with van der Waals surface area (Å²) in [5.41, 5.74) is 0.991. The molecule has 8 nitrogen and oxygen atoms in total. The van der Waals surface area contributed by atoms with E-state index in [1.165, 1.54) is 47.2 Å². The molecule has 0 radical (unpaired) electrons. The fraction of sp³-hybridized carbons (Fsp3) is 0.0667. The van der Waals surface area contributed by atoms with Gasteiger partial charge >= 0.3 is 5.97 Å². The summed E-state index contributed by atoms with van der Waals surface area (Å²) in [4.78, 5) is 34.5. The van der Waals surface area contributed by atoms with Crippen LogP contribution in [-0.2, 0) is 4.74 Å². The van der Waals surface area contributed by atoms with Crippen LogP contribution in [0.3, 0.4) is 0 Å². The molecule has 1 N–H and O–H groups in total. The number of carbonyl (C=O) groups excluding carboxylic acids is 1. The first kappa shape index (κ1) is 26.1. The van der Waals surface area contributed by atoms with Crippen molar-refractivity contribution < 1.29 is 23.0 Å². The van der Waals surface area contributed by atoms with Crippen LogP contribution in [0.25, 0.3) is 26.7 Å². The molecule has 0 amide bonds. The summed E-state index contributed by atoms with van der Waals surface area (Å²) in [6, 6.07) is 16.5. The lowest BCUT2D eigenvalue weighted by Gasteiger charge is -2.13. The quantitative estimate of drug-likeness (QED) is 0.207. The van der Waals surface area contributed by atoms with Crippen LogP contribution < -0.4 is 15.6 Å². The second kappa shape index (κ2) is 10.8. The summed E-state index contributed by atoms with van der Waals surface area (Å²) in [6.07, 6.45) is 4.66. The van der Waals surface area contributed by atoms with Gasteiger partial charge in [0.1, 0.15) is 22.3 Å². The summed E-state index contributed by atoms with van der Waals surface area (Å²) in [7, 11) is 0. The van der Waals surface area contributed by atoms with Crippen molar-refractivity contribution in [3.05, 3.63) is 112 Å². The lowest BCUT2D eigenvalue weighted by Crippen LogP contribution is -2.19. The van der Waals surface area contributed by atoms with Gasteiger partial charge in [-0.05, 0) is 66.9 Å². The van der Waals surface area contributed by atoms with Crippen LogP contribution >= 0.6 is 11.3 Å². The van der Waals surface area contributed by atoms with E-state index in [2.05, 4.69) is 15.3 Å². The Morgan fingerprint density at radius 3 is 2.56 bits per heavy atom. The van der Waals surface area contributed by atoms with Crippen LogP contribution in [0.5, 0.6) is 11.5 Å². The number of benzene rings is 2. The van der Waals surface area contributed by atoms with Gasteiger partial charge in [-0.1, -0.05) is 0 Å². The van der Waals surface area contributed by atoms with Crippen molar-refractivity contribution >= 4 is 49.8 Å². The SMILES string of the molecule is CCOC(=O)c1cc2nccc(Oc3ccc(Nc4nccc5ccn(-c6ccc(F)cc6)c(=O)c45)cc3F)c2s1. The Hall–Kier alpha value is -5.16. The monoisotopic (exact) mass is 570 g/mol. The Bertz CT molecular complexity index is 1990. The molecule has 0 bridgehead atoms. The molecule has 0 aliphatic heterocycles. The van der Waals surface area contributed by atoms with Crippen LogP contribution in [0.15, 0.2) is 90.1 Å². The van der Waals surface area contributed by atoms with Gasteiger partial charge in [0.05, 0.1) is 22.2 Å². The molecule has 2 aromatic carbocycles. The lowest BCUT2D eigenvalue weighted by molar-refractivity contribution is 0.0532. The third-order valence-corrected chi connectivity index (χ3v) is 7.31. The molecule has 6 rings (SSSR count). The standard InChI is InChI=1S/C30H20F2N4O4S/c1-2-39-30(38)25-16-22-27(41-25)24(10-13-33-22)40-23-8-5-19(15-21(23)32)35-28-26-17(9-12-34-28)11-14-36(29(26)37)20-6-3-18(31)4-7-20/h3-16H,2H2,1H3,(H,34,35). The normalized spacial score (nSPS) is 11.1. The number of aromatic nitrogens is 3. The number of hydrogen-bond donors (Lipinski definition) is 1. The summed E-state index contributed by atoms with van der Waals surface area (Å²) < 4.78 is 41.5. The predicted molar refractivity (Wildman–Crippen MR) is 153 cm³/mol. The Kier molecular flexibility index (Phi) is 6.86. The zero-order chi connectivity index (χ0) is 28.5. The number of halogens is 2. The van der Waals surface area contributed by atoms with Crippen LogP contribution in [0.2, 0.25) is 0 Å². The number of ether oxygens (including phenoxy) is 2. The lowest BCUT2D eigenvalue weighted by atomic mass is 10.2. The average Bonchev–Trinajstić information content (AvgIpc) is 3.41. The van der Waals surface area contributed by atoms with E-state index in [1.807, 2.05) is 0 Å². The van der Waals surface area contributed by atoms with Crippen molar-refractivity contribution in [3.63, 3.8) is 0 Å². The Labute approximate surface area is 235 Å². The topological polar surface area (TPSA) is 95.3 Å². The molecule has 41 heavy (non-hydrogen) atoms. The number of rotatable bonds is 7. The van der Waals surface area contributed by atoms with Crippen molar-refractivity contribution in [2.24, 2.45) is 0 Å². The molecule has 4 aromatic heterocycles. The van der Waals surface area contributed by atoms with E-state index >= 15 is 4.39 Å². The van der Waals surface area contributed by atoms with Gasteiger partial charge in [-0.25, -0.2) is 18.6 Å². The van der Waals surface area contributed by atoms with Gasteiger partial charge < -0.3 is 14.8 Å². The molecule has 0 atom stereocenters. The van der Waals surface area contributed by atoms with Gasteiger partial charge in [-0.15, -0.1) is 11.3 Å². The number of pyridine rings is 3. The largest absolute Gasteiger partial charge is 0.462 e. The fourth-order valence-corrected chi connectivity index (χ4v) is 5.26. The minimum atomic E-state index is -0.661. The van der Waals surface area contributed by atoms with Gasteiger partial charge in [-0.2, -0.15) is 0 Å². The van der Waals surface area contributed by atoms with Crippen LogP contribution in [0, 0.1) is 11.6 Å². The second-order valence-electron chi connectivity index (χ2n) is 8.82. The average molecular weight is 571 g/mol. The van der Waals surface area contributed by atoms with Gasteiger partial charge in [-0.3, -0.25) is 14.3 Å². The highest BCUT2D eigenvalue weighted by atomic mass is 32.1. The molecular formula is C30H20F2N4O4S. The molecule has 0 unspecified atom stereocenters. The van der Waals surface area contributed by atoms with E-state index < -0.39 is 17.6 Å². The first-order chi connectivity index (χ1) is 19.9. The minimum absolute atomic E-state index is 0.0429. The number of carbonyl (C=O) groups is 1. The summed E-state index contributed by atoms with van der Waals surface area (Å²) in [6.45, 7) is 1.97. The molecular weight excluding hydrogens is 550 g/mol. The van der Waals surface area contributed by atoms with Crippen molar-refractivity contribution in [1.29, 1.82) is 0 Å². The number of hydrogen-bond acceptors (Lipinski definition) is 8. The Morgan fingerprint density at radius 2 is 1.78 bits per heavy atom. The Balaban J connectivity index is 1.30. The molecule has 0 spiro atoms. The second-order valence-corrected chi connectivity index (χ2v) is 9.87. The van der Waals surface area contributed by atoms with Gasteiger partial charge in [0, 0.05) is 42.1 Å². The van der Waals surface area contributed by atoms with Crippen molar-refractivity contribution in [1.82, 2.24) is 14.5 Å². The number of nitrogens with one attached hydrogen (secondary N) is 1. The number of esters is 1. The summed E-state index contributed by atoms with van der Waals surface area (Å²) in [5.74, 6) is -1.00. The summed E-state index contributed by atoms with van der Waals surface area (Å²) in [5, 5.41) is 3.94. The number of thiophene rings is 1. The van der Waals surface area contributed by atoms with Crippen molar-refractivity contribution in [2.45, 2.75) is 6.92 Å². The molecule has 6 aromatic rings. The number of nitrogens with zero attached hydrogens (tertiary/aromatic N) is 3. The zero-order valence-electron chi connectivity index (χ0n) is 21.4. The fourth-order valence-electron chi connectivity index (χ4n) is 4.30. The highest BCUT2D eigenvalue weighted by Gasteiger charge is 2.17. The Morgan fingerprint density at radius 1 is 0.976 bits per heavy atom. The van der Waals surface area contributed by atoms with Gasteiger partial charge in [0.2, 0.25) is 0 Å². The molecule has 0 saturated carbocycles. The van der Waals surface area contributed by atoms with E-state index in [-0.39, 0.29) is 29.1 Å². The molecule has 4 heterocycles. The summed E-state index contributed by atoms with van der Waals surface area (Å²) >= 11 is 1.15. The van der Waals surface area contributed by atoms with Crippen LogP contribution in [0.4, 0.5) is 20.3 Å². The maximum absolute atomic E-state index is 15.2. The third kappa shape index (κ3) is 5.10. The molecule has 0 saturated heterocycles. The first-order valence-corrected chi connectivity index (χ1v) is 13.3. The third-order valence-electron chi connectivity index (χ3n) is 6.19. The maximum Gasteiger partial charge on any atom is 0.348 e. The number of anilines is 2. The van der Waals surface area contributed by atoms with Crippen molar-refractivity contribution in [3.8, 4) is 17.2 Å². The highest BCUT2D eigenvalue weighted by Crippen LogP contribution is 2.36.